The van der Waals surface area contributed by atoms with Crippen molar-refractivity contribution in [2.24, 2.45) is 0 Å². The highest BCUT2D eigenvalue weighted by Gasteiger charge is 2.17. The van der Waals surface area contributed by atoms with E-state index in [2.05, 4.69) is 36.6 Å². The predicted molar refractivity (Wildman–Crippen MR) is 87.4 cm³/mol. The van der Waals surface area contributed by atoms with Crippen molar-refractivity contribution < 1.29 is 9.53 Å². The number of nitrogens with one attached hydrogen (secondary N) is 2. The summed E-state index contributed by atoms with van der Waals surface area (Å²) >= 11 is 0. The highest BCUT2D eigenvalue weighted by molar-refractivity contribution is 5.85. The van der Waals surface area contributed by atoms with E-state index in [1.807, 2.05) is 13.0 Å². The van der Waals surface area contributed by atoms with Crippen LogP contribution in [0.5, 0.6) is 5.75 Å². The van der Waals surface area contributed by atoms with Crippen molar-refractivity contribution in [3.8, 4) is 5.75 Å². The maximum absolute atomic E-state index is 11.9. The number of carbonyl (C=O) groups is 1. The Bertz CT molecular complexity index is 471. The largest absolute Gasteiger partial charge is 0.483 e. The number of benzene rings is 1. The van der Waals surface area contributed by atoms with Gasteiger partial charge < -0.3 is 15.4 Å². The molecule has 0 bridgehead atoms. The number of aryl methyl sites for hydroxylation is 1. The Morgan fingerprint density at radius 2 is 2.24 bits per heavy atom. The van der Waals surface area contributed by atoms with Gasteiger partial charge in [0.1, 0.15) is 5.75 Å². The van der Waals surface area contributed by atoms with Gasteiger partial charge in [-0.05, 0) is 43.0 Å². The van der Waals surface area contributed by atoms with Gasteiger partial charge in [-0.1, -0.05) is 26.0 Å². The van der Waals surface area contributed by atoms with E-state index in [9.17, 15) is 4.79 Å². The molecular weight excluding hydrogens is 288 g/mol. The van der Waals surface area contributed by atoms with Gasteiger partial charge in [0.15, 0.2) is 6.61 Å². The molecule has 0 spiro atoms. The molecule has 118 valence electrons. The Labute approximate surface area is 133 Å². The summed E-state index contributed by atoms with van der Waals surface area (Å²) in [5, 5.41) is 6.21. The normalized spacial score (nSPS) is 17.4. The van der Waals surface area contributed by atoms with Crippen LogP contribution < -0.4 is 15.4 Å². The van der Waals surface area contributed by atoms with Crippen LogP contribution in [0.4, 0.5) is 0 Å². The molecule has 2 N–H and O–H groups in total. The predicted octanol–water partition coefficient (Wildman–Crippen LogP) is 2.40. The summed E-state index contributed by atoms with van der Waals surface area (Å²) < 4.78 is 5.72. The Kier molecular flexibility index (Phi) is 6.99. The third kappa shape index (κ3) is 5.21. The summed E-state index contributed by atoms with van der Waals surface area (Å²) in [4.78, 5) is 11.9. The molecule has 1 saturated heterocycles. The maximum Gasteiger partial charge on any atom is 0.258 e. The van der Waals surface area contributed by atoms with E-state index in [1.54, 1.807) is 0 Å². The lowest BCUT2D eigenvalue weighted by molar-refractivity contribution is -0.123. The molecule has 1 amide bonds. The fourth-order valence-electron chi connectivity index (χ4n) is 2.43. The summed E-state index contributed by atoms with van der Waals surface area (Å²) in [5.74, 6) is 1.15. The molecule has 1 aliphatic heterocycles. The van der Waals surface area contributed by atoms with Crippen LogP contribution in [0.1, 0.15) is 37.3 Å². The van der Waals surface area contributed by atoms with Crippen LogP contribution in [0.25, 0.3) is 0 Å². The second-order valence-corrected chi connectivity index (χ2v) is 5.74. The zero-order chi connectivity index (χ0) is 14.5. The molecule has 1 heterocycles. The molecule has 2 rings (SSSR count). The molecule has 0 saturated carbocycles. The van der Waals surface area contributed by atoms with Crippen molar-refractivity contribution in [3.05, 3.63) is 29.3 Å². The van der Waals surface area contributed by atoms with E-state index in [-0.39, 0.29) is 31.0 Å². The first-order valence-corrected chi connectivity index (χ1v) is 7.29. The van der Waals surface area contributed by atoms with E-state index in [0.29, 0.717) is 5.92 Å². The molecule has 0 aliphatic carbocycles. The molecule has 1 aliphatic rings. The number of halogens is 1. The van der Waals surface area contributed by atoms with Crippen molar-refractivity contribution >= 4 is 18.3 Å². The minimum atomic E-state index is -0.0464. The van der Waals surface area contributed by atoms with Crippen LogP contribution in [-0.2, 0) is 4.79 Å². The van der Waals surface area contributed by atoms with Crippen molar-refractivity contribution in [2.75, 3.05) is 19.7 Å². The fourth-order valence-corrected chi connectivity index (χ4v) is 2.43. The number of amides is 1. The zero-order valence-electron chi connectivity index (χ0n) is 12.9. The fraction of sp³-hybridized carbons (Fsp3) is 0.562. The number of rotatable bonds is 5. The van der Waals surface area contributed by atoms with Gasteiger partial charge in [-0.2, -0.15) is 0 Å². The average molecular weight is 313 g/mol. The van der Waals surface area contributed by atoms with Gasteiger partial charge in [0, 0.05) is 12.6 Å². The van der Waals surface area contributed by atoms with Crippen LogP contribution in [0.3, 0.4) is 0 Å². The quantitative estimate of drug-likeness (QED) is 0.878. The number of carbonyl (C=O) groups excluding carboxylic acids is 1. The Balaban J connectivity index is 0.00000220. The lowest BCUT2D eigenvalue weighted by Gasteiger charge is -2.16. The van der Waals surface area contributed by atoms with Gasteiger partial charge >= 0.3 is 0 Å². The third-order valence-corrected chi connectivity index (χ3v) is 3.58. The Morgan fingerprint density at radius 3 is 2.86 bits per heavy atom. The zero-order valence-corrected chi connectivity index (χ0v) is 13.8. The van der Waals surface area contributed by atoms with Crippen LogP contribution in [0, 0.1) is 6.92 Å². The Hall–Kier alpha value is -1.26. The molecule has 5 heteroatoms. The highest BCUT2D eigenvalue weighted by Crippen LogP contribution is 2.27. The second kappa shape index (κ2) is 8.25. The average Bonchev–Trinajstić information content (AvgIpc) is 2.89. The lowest BCUT2D eigenvalue weighted by Crippen LogP contribution is -2.39. The van der Waals surface area contributed by atoms with Crippen LogP contribution in [0.15, 0.2) is 18.2 Å². The molecule has 4 nitrogen and oxygen atoms in total. The topological polar surface area (TPSA) is 50.4 Å². The number of ether oxygens (including phenoxy) is 1. The molecule has 1 atom stereocenters. The van der Waals surface area contributed by atoms with E-state index < -0.39 is 0 Å². The van der Waals surface area contributed by atoms with E-state index >= 15 is 0 Å². The molecule has 21 heavy (non-hydrogen) atoms. The molecule has 1 unspecified atom stereocenters. The van der Waals surface area contributed by atoms with Crippen molar-refractivity contribution in [1.29, 1.82) is 0 Å². The number of hydrogen-bond donors (Lipinski definition) is 2. The van der Waals surface area contributed by atoms with Gasteiger partial charge in [0.05, 0.1) is 0 Å². The van der Waals surface area contributed by atoms with Crippen molar-refractivity contribution in [2.45, 2.75) is 39.2 Å². The summed E-state index contributed by atoms with van der Waals surface area (Å²) in [5.41, 5.74) is 2.29. The highest BCUT2D eigenvalue weighted by atomic mass is 35.5. The first-order chi connectivity index (χ1) is 9.56. The van der Waals surface area contributed by atoms with Gasteiger partial charge in [0.2, 0.25) is 0 Å². The first-order valence-electron chi connectivity index (χ1n) is 7.29. The molecule has 1 aromatic carbocycles. The molecular formula is C16H25ClN2O2. The standard InChI is InChI=1S/C16H24N2O2.ClH/c1-11(2)14-5-4-12(3)8-15(14)20-10-16(19)18-13-6-7-17-9-13;/h4-5,8,11,13,17H,6-7,9-10H2,1-3H3,(H,18,19);1H. The molecule has 0 radical (unpaired) electrons. The van der Waals surface area contributed by atoms with Gasteiger partial charge in [-0.25, -0.2) is 0 Å². The molecule has 1 fully saturated rings. The summed E-state index contributed by atoms with van der Waals surface area (Å²) in [6, 6.07) is 6.40. The maximum atomic E-state index is 11.9. The first kappa shape index (κ1) is 17.8. The van der Waals surface area contributed by atoms with Gasteiger partial charge in [-0.15, -0.1) is 12.4 Å². The Morgan fingerprint density at radius 1 is 1.48 bits per heavy atom. The number of hydrogen-bond acceptors (Lipinski definition) is 3. The van der Waals surface area contributed by atoms with Gasteiger partial charge in [-0.3, -0.25) is 4.79 Å². The third-order valence-electron chi connectivity index (χ3n) is 3.58. The van der Waals surface area contributed by atoms with E-state index in [1.165, 1.54) is 0 Å². The second-order valence-electron chi connectivity index (χ2n) is 5.74. The summed E-state index contributed by atoms with van der Waals surface area (Å²) in [6.07, 6.45) is 0.993. The monoisotopic (exact) mass is 312 g/mol. The van der Waals surface area contributed by atoms with Crippen molar-refractivity contribution in [3.63, 3.8) is 0 Å². The smallest absolute Gasteiger partial charge is 0.258 e. The summed E-state index contributed by atoms with van der Waals surface area (Å²) in [6.45, 7) is 8.19. The minimum absolute atomic E-state index is 0. The summed E-state index contributed by atoms with van der Waals surface area (Å²) in [7, 11) is 0. The molecule has 1 aromatic rings. The van der Waals surface area contributed by atoms with E-state index in [4.69, 9.17) is 4.74 Å². The van der Waals surface area contributed by atoms with Gasteiger partial charge in [0.25, 0.3) is 5.91 Å². The van der Waals surface area contributed by atoms with Crippen molar-refractivity contribution in [1.82, 2.24) is 10.6 Å². The minimum Gasteiger partial charge on any atom is -0.483 e. The lowest BCUT2D eigenvalue weighted by atomic mass is 10.0. The SMILES string of the molecule is Cc1ccc(C(C)C)c(OCC(=O)NC2CCNC2)c1.Cl. The molecule has 0 aromatic heterocycles. The van der Waals surface area contributed by atoms with E-state index in [0.717, 1.165) is 36.4 Å². The van der Waals surface area contributed by atoms with Crippen LogP contribution >= 0.6 is 12.4 Å². The van der Waals surface area contributed by atoms with Crippen LogP contribution in [0.2, 0.25) is 0 Å². The van der Waals surface area contributed by atoms with Crippen LogP contribution in [-0.4, -0.2) is 31.6 Å².